The van der Waals surface area contributed by atoms with Crippen LogP contribution in [0.5, 0.6) is 0 Å². The lowest BCUT2D eigenvalue weighted by Gasteiger charge is -2.18. The molecule has 1 fully saturated rings. The van der Waals surface area contributed by atoms with Crippen molar-refractivity contribution in [1.82, 2.24) is 10.6 Å². The largest absolute Gasteiger partial charge is 0.391 e. The zero-order valence-electron chi connectivity index (χ0n) is 8.05. The highest BCUT2D eigenvalue weighted by atomic mass is 32.1. The van der Waals surface area contributed by atoms with Crippen molar-refractivity contribution in [3.63, 3.8) is 0 Å². The lowest BCUT2D eigenvalue weighted by atomic mass is 10.0. The van der Waals surface area contributed by atoms with Gasteiger partial charge in [-0.3, -0.25) is 0 Å². The Balaban J connectivity index is 2.16. The molecule has 0 aromatic carbocycles. The molecule has 1 rings (SSSR count). The van der Waals surface area contributed by atoms with E-state index in [-0.39, 0.29) is 6.10 Å². The maximum Gasteiger partial charge on any atom is 0.166 e. The second kappa shape index (κ2) is 5.40. The molecule has 0 bridgehead atoms. The fourth-order valence-electron chi connectivity index (χ4n) is 1.79. The van der Waals surface area contributed by atoms with Crippen molar-refractivity contribution < 1.29 is 5.11 Å². The summed E-state index contributed by atoms with van der Waals surface area (Å²) in [6.07, 6.45) is 4.61. The highest BCUT2D eigenvalue weighted by Gasteiger charge is 2.22. The summed E-state index contributed by atoms with van der Waals surface area (Å²) in [5, 5.41) is 16.2. The predicted octanol–water partition coefficient (Wildman–Crippen LogP) is 0.631. The van der Waals surface area contributed by atoms with E-state index >= 15 is 0 Å². The summed E-state index contributed by atoms with van der Waals surface area (Å²) >= 11 is 4.91. The van der Waals surface area contributed by atoms with Crippen molar-refractivity contribution in [1.29, 1.82) is 0 Å². The van der Waals surface area contributed by atoms with Crippen molar-refractivity contribution in [3.05, 3.63) is 0 Å². The molecule has 13 heavy (non-hydrogen) atoms. The van der Waals surface area contributed by atoms with Gasteiger partial charge in [0, 0.05) is 13.6 Å². The van der Waals surface area contributed by atoms with Crippen molar-refractivity contribution in [3.8, 4) is 0 Å². The van der Waals surface area contributed by atoms with Gasteiger partial charge in [-0.25, -0.2) is 0 Å². The quantitative estimate of drug-likeness (QED) is 0.587. The first kappa shape index (κ1) is 10.7. The van der Waals surface area contributed by atoms with Crippen molar-refractivity contribution >= 4 is 17.3 Å². The SMILES string of the molecule is CNC(=S)NCC(O)C1CCCC1. The van der Waals surface area contributed by atoms with Gasteiger partial charge in [-0.1, -0.05) is 12.8 Å². The highest BCUT2D eigenvalue weighted by Crippen LogP contribution is 2.27. The fourth-order valence-corrected chi connectivity index (χ4v) is 1.88. The molecule has 1 aliphatic carbocycles. The second-order valence-electron chi connectivity index (χ2n) is 3.57. The van der Waals surface area contributed by atoms with Crippen LogP contribution in [-0.4, -0.2) is 29.9 Å². The Morgan fingerprint density at radius 3 is 2.69 bits per heavy atom. The van der Waals surface area contributed by atoms with Gasteiger partial charge in [-0.15, -0.1) is 0 Å². The van der Waals surface area contributed by atoms with Crippen LogP contribution in [0.15, 0.2) is 0 Å². The average molecular weight is 202 g/mol. The molecule has 1 atom stereocenters. The lowest BCUT2D eigenvalue weighted by molar-refractivity contribution is 0.114. The summed E-state index contributed by atoms with van der Waals surface area (Å²) in [7, 11) is 1.78. The Morgan fingerprint density at radius 2 is 2.15 bits per heavy atom. The first-order chi connectivity index (χ1) is 6.24. The summed E-state index contributed by atoms with van der Waals surface area (Å²) in [6.45, 7) is 0.574. The number of hydrogen-bond acceptors (Lipinski definition) is 2. The number of nitrogens with one attached hydrogen (secondary N) is 2. The van der Waals surface area contributed by atoms with Crippen LogP contribution in [0.4, 0.5) is 0 Å². The summed E-state index contributed by atoms with van der Waals surface area (Å²) in [5.41, 5.74) is 0. The molecule has 1 aliphatic rings. The van der Waals surface area contributed by atoms with E-state index < -0.39 is 0 Å². The van der Waals surface area contributed by atoms with Gasteiger partial charge in [0.1, 0.15) is 0 Å². The van der Waals surface area contributed by atoms with E-state index in [1.54, 1.807) is 7.05 Å². The van der Waals surface area contributed by atoms with Gasteiger partial charge in [0.25, 0.3) is 0 Å². The standard InChI is InChI=1S/C9H18N2OS/c1-10-9(13)11-6-8(12)7-4-2-3-5-7/h7-8,12H,2-6H2,1H3,(H2,10,11,13). The topological polar surface area (TPSA) is 44.3 Å². The minimum Gasteiger partial charge on any atom is -0.391 e. The number of hydrogen-bond donors (Lipinski definition) is 3. The molecule has 0 heterocycles. The summed E-state index contributed by atoms with van der Waals surface area (Å²) in [5.74, 6) is 0.479. The van der Waals surface area contributed by atoms with Crippen LogP contribution in [0.2, 0.25) is 0 Å². The van der Waals surface area contributed by atoms with E-state index in [4.69, 9.17) is 12.2 Å². The molecule has 0 spiro atoms. The van der Waals surface area contributed by atoms with Crippen molar-refractivity contribution in [2.24, 2.45) is 5.92 Å². The number of rotatable bonds is 3. The Kier molecular flexibility index (Phi) is 4.45. The smallest absolute Gasteiger partial charge is 0.166 e. The van der Waals surface area contributed by atoms with Gasteiger partial charge >= 0.3 is 0 Å². The molecule has 76 valence electrons. The first-order valence-electron chi connectivity index (χ1n) is 4.87. The van der Waals surface area contributed by atoms with E-state index in [2.05, 4.69) is 10.6 Å². The average Bonchev–Trinajstić information content (AvgIpc) is 2.66. The molecule has 0 aromatic heterocycles. The first-order valence-corrected chi connectivity index (χ1v) is 5.28. The third-order valence-electron chi connectivity index (χ3n) is 2.64. The fraction of sp³-hybridized carbons (Fsp3) is 0.889. The number of aliphatic hydroxyl groups excluding tert-OH is 1. The third kappa shape index (κ3) is 3.48. The molecule has 3 N–H and O–H groups in total. The summed E-state index contributed by atoms with van der Waals surface area (Å²) in [6, 6.07) is 0. The monoisotopic (exact) mass is 202 g/mol. The van der Waals surface area contributed by atoms with E-state index in [1.165, 1.54) is 12.8 Å². The number of thiocarbonyl (C=S) groups is 1. The van der Waals surface area contributed by atoms with Gasteiger partial charge in [-0.05, 0) is 31.0 Å². The van der Waals surface area contributed by atoms with Gasteiger partial charge in [-0.2, -0.15) is 0 Å². The molecule has 0 radical (unpaired) electrons. The summed E-state index contributed by atoms with van der Waals surface area (Å²) in [4.78, 5) is 0. The summed E-state index contributed by atoms with van der Waals surface area (Å²) < 4.78 is 0. The van der Waals surface area contributed by atoms with Gasteiger partial charge in [0.2, 0.25) is 0 Å². The Labute approximate surface area is 84.9 Å². The van der Waals surface area contributed by atoms with Gasteiger partial charge in [0.15, 0.2) is 5.11 Å². The Bertz CT molecular complexity index is 169. The predicted molar refractivity (Wildman–Crippen MR) is 57.6 cm³/mol. The van der Waals surface area contributed by atoms with Crippen LogP contribution < -0.4 is 10.6 Å². The van der Waals surface area contributed by atoms with Crippen LogP contribution in [0, 0.1) is 5.92 Å². The highest BCUT2D eigenvalue weighted by molar-refractivity contribution is 7.80. The van der Waals surface area contributed by atoms with E-state index in [0.717, 1.165) is 12.8 Å². The van der Waals surface area contributed by atoms with Crippen molar-refractivity contribution in [2.75, 3.05) is 13.6 Å². The van der Waals surface area contributed by atoms with Crippen LogP contribution >= 0.6 is 12.2 Å². The molecule has 1 unspecified atom stereocenters. The molecule has 4 heteroatoms. The molecular weight excluding hydrogens is 184 g/mol. The molecule has 3 nitrogen and oxygen atoms in total. The molecule has 1 saturated carbocycles. The van der Waals surface area contributed by atoms with E-state index in [9.17, 15) is 5.11 Å². The molecule has 0 aromatic rings. The zero-order valence-corrected chi connectivity index (χ0v) is 8.86. The lowest BCUT2D eigenvalue weighted by Crippen LogP contribution is -2.39. The number of aliphatic hydroxyl groups is 1. The van der Waals surface area contributed by atoms with Gasteiger partial charge < -0.3 is 15.7 Å². The normalized spacial score (nSPS) is 19.8. The Hall–Kier alpha value is -0.350. The van der Waals surface area contributed by atoms with Crippen LogP contribution in [0.3, 0.4) is 0 Å². The molecule has 0 saturated heterocycles. The van der Waals surface area contributed by atoms with Gasteiger partial charge in [0.05, 0.1) is 6.10 Å². The second-order valence-corrected chi connectivity index (χ2v) is 3.98. The molecular formula is C9H18N2OS. The molecule has 0 amide bonds. The Morgan fingerprint density at radius 1 is 1.54 bits per heavy atom. The van der Waals surface area contributed by atoms with E-state index in [0.29, 0.717) is 17.6 Å². The van der Waals surface area contributed by atoms with Crippen LogP contribution in [0.1, 0.15) is 25.7 Å². The maximum atomic E-state index is 9.74. The van der Waals surface area contributed by atoms with E-state index in [1.807, 2.05) is 0 Å². The van der Waals surface area contributed by atoms with Crippen molar-refractivity contribution in [2.45, 2.75) is 31.8 Å². The minimum atomic E-state index is -0.242. The zero-order chi connectivity index (χ0) is 9.68. The van der Waals surface area contributed by atoms with Crippen LogP contribution in [0.25, 0.3) is 0 Å². The maximum absolute atomic E-state index is 9.74. The molecule has 0 aliphatic heterocycles. The minimum absolute atomic E-state index is 0.242. The van der Waals surface area contributed by atoms with Crippen LogP contribution in [-0.2, 0) is 0 Å². The third-order valence-corrected chi connectivity index (χ3v) is 2.99.